The van der Waals surface area contributed by atoms with Crippen molar-refractivity contribution in [1.29, 1.82) is 0 Å². The molecule has 0 bridgehead atoms. The van der Waals surface area contributed by atoms with Crippen molar-refractivity contribution in [3.8, 4) is 0 Å². The first-order chi connectivity index (χ1) is 13.2. The van der Waals surface area contributed by atoms with E-state index in [4.69, 9.17) is 0 Å². The van der Waals surface area contributed by atoms with Gasteiger partial charge in [0, 0.05) is 5.56 Å². The summed E-state index contributed by atoms with van der Waals surface area (Å²) in [6.45, 7) is 0. The summed E-state index contributed by atoms with van der Waals surface area (Å²) >= 11 is 0. The monoisotopic (exact) mass is 360 g/mol. The third-order valence-electron chi connectivity index (χ3n) is 3.88. The van der Waals surface area contributed by atoms with Crippen LogP contribution in [0.15, 0.2) is 93.8 Å². The van der Waals surface area contributed by atoms with Crippen LogP contribution in [0.3, 0.4) is 0 Å². The zero-order valence-corrected chi connectivity index (χ0v) is 14.1. The molecule has 0 saturated carbocycles. The maximum absolute atomic E-state index is 14.0. The number of amidine groups is 3. The second-order valence-electron chi connectivity index (χ2n) is 5.75. The fraction of sp³-hybridized carbons (Fsp3) is 0. The molecule has 0 radical (unpaired) electrons. The Morgan fingerprint density at radius 3 is 2.11 bits per heavy atom. The third-order valence-corrected chi connectivity index (χ3v) is 3.88. The van der Waals surface area contributed by atoms with Crippen molar-refractivity contribution in [3.63, 3.8) is 0 Å². The molecule has 0 fully saturated rings. The lowest BCUT2D eigenvalue weighted by molar-refractivity contribution is 0.630. The van der Waals surface area contributed by atoms with Gasteiger partial charge in [-0.05, 0) is 24.3 Å². The van der Waals surface area contributed by atoms with Gasteiger partial charge in [-0.15, -0.1) is 0 Å². The molecule has 1 N–H and O–H groups in total. The predicted octanol–water partition coefficient (Wildman–Crippen LogP) is 4.97. The van der Waals surface area contributed by atoms with Crippen molar-refractivity contribution in [1.82, 2.24) is 0 Å². The Morgan fingerprint density at radius 1 is 0.704 bits per heavy atom. The lowest BCUT2D eigenvalue weighted by Crippen LogP contribution is -2.19. The molecule has 6 heteroatoms. The fourth-order valence-electron chi connectivity index (χ4n) is 2.56. The first-order valence-electron chi connectivity index (χ1n) is 8.28. The molecule has 0 aromatic heterocycles. The average molecular weight is 360 g/mol. The second kappa shape index (κ2) is 7.29. The summed E-state index contributed by atoms with van der Waals surface area (Å²) in [6, 6.07) is 21.7. The smallest absolute Gasteiger partial charge is 0.198 e. The normalized spacial score (nSPS) is 14.8. The van der Waals surface area contributed by atoms with E-state index in [-0.39, 0.29) is 23.0 Å². The van der Waals surface area contributed by atoms with Gasteiger partial charge in [0.1, 0.15) is 17.3 Å². The van der Waals surface area contributed by atoms with Gasteiger partial charge in [0.15, 0.2) is 17.5 Å². The molecule has 0 spiro atoms. The number of halogens is 2. The highest BCUT2D eigenvalue weighted by Crippen LogP contribution is 2.21. The minimum atomic E-state index is -0.474. The highest BCUT2D eigenvalue weighted by molar-refractivity contribution is 6.51. The summed E-state index contributed by atoms with van der Waals surface area (Å²) in [5.74, 6) is -0.0499. The van der Waals surface area contributed by atoms with Crippen molar-refractivity contribution in [2.45, 2.75) is 0 Å². The first kappa shape index (κ1) is 16.8. The Hall–Kier alpha value is -3.67. The van der Waals surface area contributed by atoms with Crippen molar-refractivity contribution in [2.75, 3.05) is 5.32 Å². The van der Waals surface area contributed by atoms with Crippen molar-refractivity contribution in [3.05, 3.63) is 96.1 Å². The number of hydrogen-bond donors (Lipinski definition) is 1. The number of aliphatic imine (C=N–C) groups is 3. The second-order valence-corrected chi connectivity index (χ2v) is 5.75. The number of hydrogen-bond acceptors (Lipinski definition) is 3. The molecular weight excluding hydrogens is 346 g/mol. The molecule has 132 valence electrons. The molecule has 1 heterocycles. The molecule has 4 rings (SSSR count). The molecule has 0 aliphatic carbocycles. The van der Waals surface area contributed by atoms with Crippen molar-refractivity contribution in [2.24, 2.45) is 15.0 Å². The van der Waals surface area contributed by atoms with Gasteiger partial charge in [-0.2, -0.15) is 0 Å². The number of anilines is 1. The molecule has 0 atom stereocenters. The average Bonchev–Trinajstić information content (AvgIpc) is 3.09. The number of nitrogens with one attached hydrogen (secondary N) is 1. The Balaban J connectivity index is 1.76. The summed E-state index contributed by atoms with van der Waals surface area (Å²) in [5, 5.41) is 2.91. The number of nitrogens with zero attached hydrogens (tertiary/aromatic N) is 3. The molecule has 27 heavy (non-hydrogen) atoms. The van der Waals surface area contributed by atoms with Gasteiger partial charge in [0.2, 0.25) is 0 Å². The molecule has 0 amide bonds. The first-order valence-corrected chi connectivity index (χ1v) is 8.28. The number of benzene rings is 3. The lowest BCUT2D eigenvalue weighted by Gasteiger charge is -2.07. The van der Waals surface area contributed by atoms with E-state index < -0.39 is 11.6 Å². The molecule has 0 unspecified atom stereocenters. The van der Waals surface area contributed by atoms with Crippen LogP contribution in [-0.4, -0.2) is 17.5 Å². The van der Waals surface area contributed by atoms with Crippen molar-refractivity contribution >= 4 is 28.9 Å². The minimum absolute atomic E-state index is 0.133. The van der Waals surface area contributed by atoms with E-state index in [1.54, 1.807) is 36.4 Å². The minimum Gasteiger partial charge on any atom is -0.335 e. The van der Waals surface area contributed by atoms with Gasteiger partial charge in [-0.25, -0.2) is 23.8 Å². The van der Waals surface area contributed by atoms with Crippen LogP contribution in [0.25, 0.3) is 0 Å². The van der Waals surface area contributed by atoms with Gasteiger partial charge < -0.3 is 5.32 Å². The molecule has 3 aromatic carbocycles. The SMILES string of the molecule is Fc1ccccc1N=C1N=C(c2ccccc2)N=C1Nc1ccccc1F. The Morgan fingerprint density at radius 2 is 1.37 bits per heavy atom. The number of rotatable bonds is 3. The molecule has 1 aliphatic rings. The Bertz CT molecular complexity index is 1070. The molecule has 1 aliphatic heterocycles. The topological polar surface area (TPSA) is 49.1 Å². The van der Waals surface area contributed by atoms with Crippen LogP contribution in [0.4, 0.5) is 20.2 Å². The van der Waals surface area contributed by atoms with E-state index in [0.717, 1.165) is 5.56 Å². The van der Waals surface area contributed by atoms with E-state index in [1.165, 1.54) is 12.1 Å². The maximum atomic E-state index is 14.0. The predicted molar refractivity (Wildman–Crippen MR) is 104 cm³/mol. The summed E-state index contributed by atoms with van der Waals surface area (Å²) in [7, 11) is 0. The summed E-state index contributed by atoms with van der Waals surface area (Å²) in [6.07, 6.45) is 0. The standard InChI is InChI=1S/C21H14F2N4/c22-15-10-4-6-12-17(15)24-20-21(25-18-13-7-5-11-16(18)23)27-19(26-20)14-8-2-1-3-9-14/h1-13H,(H,24,25,26,27). The molecular formula is C21H14F2N4. The summed E-state index contributed by atoms with van der Waals surface area (Å²) in [4.78, 5) is 13.1. The Kier molecular flexibility index (Phi) is 4.53. The van der Waals surface area contributed by atoms with Gasteiger partial charge in [-0.1, -0.05) is 54.6 Å². The van der Waals surface area contributed by atoms with Crippen LogP contribution in [0.5, 0.6) is 0 Å². The van der Waals surface area contributed by atoms with E-state index in [0.29, 0.717) is 5.84 Å². The summed E-state index contributed by atoms with van der Waals surface area (Å²) in [5.41, 5.74) is 1.15. The van der Waals surface area contributed by atoms with Crippen molar-refractivity contribution < 1.29 is 8.78 Å². The van der Waals surface area contributed by atoms with E-state index >= 15 is 0 Å². The number of para-hydroxylation sites is 2. The van der Waals surface area contributed by atoms with Gasteiger partial charge in [0.05, 0.1) is 5.69 Å². The van der Waals surface area contributed by atoms with Crippen LogP contribution < -0.4 is 5.32 Å². The highest BCUT2D eigenvalue weighted by Gasteiger charge is 2.21. The van der Waals surface area contributed by atoms with Gasteiger partial charge in [-0.3, -0.25) is 0 Å². The third kappa shape index (κ3) is 3.64. The zero-order valence-electron chi connectivity index (χ0n) is 14.1. The van der Waals surface area contributed by atoms with Gasteiger partial charge in [0.25, 0.3) is 0 Å². The van der Waals surface area contributed by atoms with Crippen LogP contribution in [0.1, 0.15) is 5.56 Å². The largest absolute Gasteiger partial charge is 0.335 e. The van der Waals surface area contributed by atoms with E-state index in [1.807, 2.05) is 30.3 Å². The van der Waals surface area contributed by atoms with E-state index in [2.05, 4.69) is 20.3 Å². The van der Waals surface area contributed by atoms with Crippen LogP contribution in [-0.2, 0) is 0 Å². The quantitative estimate of drug-likeness (QED) is 0.705. The van der Waals surface area contributed by atoms with Crippen LogP contribution >= 0.6 is 0 Å². The summed E-state index contributed by atoms with van der Waals surface area (Å²) < 4.78 is 28.0. The molecule has 3 aromatic rings. The molecule has 0 saturated heterocycles. The highest BCUT2D eigenvalue weighted by atomic mass is 19.1. The lowest BCUT2D eigenvalue weighted by atomic mass is 10.2. The maximum Gasteiger partial charge on any atom is 0.198 e. The Labute approximate surface area is 154 Å². The van der Waals surface area contributed by atoms with Crippen LogP contribution in [0.2, 0.25) is 0 Å². The van der Waals surface area contributed by atoms with Gasteiger partial charge >= 0.3 is 0 Å². The molecule has 4 nitrogen and oxygen atoms in total. The fourth-order valence-corrected chi connectivity index (χ4v) is 2.56. The van der Waals surface area contributed by atoms with E-state index in [9.17, 15) is 8.78 Å². The van der Waals surface area contributed by atoms with Crippen LogP contribution in [0, 0.1) is 11.6 Å². The zero-order chi connectivity index (χ0) is 18.6.